The molecule has 0 aliphatic carbocycles. The van der Waals surface area contributed by atoms with E-state index >= 15 is 0 Å². The maximum absolute atomic E-state index is 8.68. The number of ether oxygens (including phenoxy) is 1. The van der Waals surface area contributed by atoms with Gasteiger partial charge in [0.05, 0.1) is 7.11 Å². The second-order valence-electron chi connectivity index (χ2n) is 4.20. The summed E-state index contributed by atoms with van der Waals surface area (Å²) in [6.45, 7) is 4.94. The molecule has 0 fully saturated rings. The smallest absolute Gasteiger partial charge is 0.170 e. The van der Waals surface area contributed by atoms with Gasteiger partial charge in [-0.15, -0.1) is 0 Å². The van der Waals surface area contributed by atoms with Crippen molar-refractivity contribution in [1.29, 1.82) is 0 Å². The summed E-state index contributed by atoms with van der Waals surface area (Å²) in [5.41, 5.74) is 7.24. The van der Waals surface area contributed by atoms with Gasteiger partial charge in [0.1, 0.15) is 5.75 Å². The van der Waals surface area contributed by atoms with Crippen molar-refractivity contribution in [2.75, 3.05) is 7.11 Å². The zero-order valence-corrected chi connectivity index (χ0v) is 11.1. The lowest BCUT2D eigenvalue weighted by Crippen LogP contribution is -2.25. The lowest BCUT2D eigenvalue weighted by molar-refractivity contribution is 0.318. The van der Waals surface area contributed by atoms with E-state index in [-0.39, 0.29) is 5.84 Å². The van der Waals surface area contributed by atoms with Crippen molar-refractivity contribution >= 4 is 5.84 Å². The van der Waals surface area contributed by atoms with E-state index in [4.69, 9.17) is 15.7 Å². The molecule has 1 aromatic rings. The highest BCUT2D eigenvalue weighted by Gasteiger charge is 2.08. The Morgan fingerprint density at radius 1 is 1.56 bits per heavy atom. The van der Waals surface area contributed by atoms with Crippen LogP contribution in [-0.4, -0.2) is 24.2 Å². The Morgan fingerprint density at radius 3 is 2.83 bits per heavy atom. The Kier molecular flexibility index (Phi) is 5.45. The predicted octanol–water partition coefficient (Wildman–Crippen LogP) is 1.68. The van der Waals surface area contributed by atoms with Crippen LogP contribution in [0.3, 0.4) is 0 Å². The van der Waals surface area contributed by atoms with Gasteiger partial charge in [-0.3, -0.25) is 0 Å². The molecule has 0 amide bonds. The van der Waals surface area contributed by atoms with E-state index in [9.17, 15) is 0 Å². The maximum Gasteiger partial charge on any atom is 0.170 e. The molecule has 0 heterocycles. The Morgan fingerprint density at radius 2 is 2.28 bits per heavy atom. The highest BCUT2D eigenvalue weighted by Crippen LogP contribution is 2.20. The van der Waals surface area contributed by atoms with Crippen molar-refractivity contribution in [1.82, 2.24) is 5.32 Å². The first-order valence-corrected chi connectivity index (χ1v) is 6.00. The third-order valence-corrected chi connectivity index (χ3v) is 2.94. The summed E-state index contributed by atoms with van der Waals surface area (Å²) in [6, 6.07) is 5.88. The van der Waals surface area contributed by atoms with E-state index in [1.807, 2.05) is 12.1 Å². The predicted molar refractivity (Wildman–Crippen MR) is 72.1 cm³/mol. The van der Waals surface area contributed by atoms with Crippen molar-refractivity contribution < 1.29 is 9.94 Å². The summed E-state index contributed by atoms with van der Waals surface area (Å²) in [6.07, 6.45) is 1.06. The molecule has 1 atom stereocenters. The molecule has 0 bridgehead atoms. The molecule has 0 saturated heterocycles. The zero-order chi connectivity index (χ0) is 13.5. The number of hydrogen-bond acceptors (Lipinski definition) is 4. The van der Waals surface area contributed by atoms with E-state index in [0.29, 0.717) is 18.2 Å². The van der Waals surface area contributed by atoms with Crippen molar-refractivity contribution in [2.45, 2.75) is 32.9 Å². The number of oxime groups is 1. The Hall–Kier alpha value is -1.75. The van der Waals surface area contributed by atoms with Gasteiger partial charge < -0.3 is 21.0 Å². The van der Waals surface area contributed by atoms with Crippen LogP contribution < -0.4 is 15.8 Å². The molecule has 0 saturated carbocycles. The number of nitrogens with zero attached hydrogens (tertiary/aromatic N) is 1. The quantitative estimate of drug-likeness (QED) is 0.311. The molecule has 1 unspecified atom stereocenters. The summed E-state index contributed by atoms with van der Waals surface area (Å²) in [5, 5.41) is 15.1. The number of nitrogens with two attached hydrogens (primary N) is 1. The second-order valence-corrected chi connectivity index (χ2v) is 4.20. The van der Waals surface area contributed by atoms with Crippen LogP contribution in [-0.2, 0) is 6.54 Å². The van der Waals surface area contributed by atoms with Gasteiger partial charge in [0.25, 0.3) is 0 Å². The molecule has 0 aliphatic heterocycles. The maximum atomic E-state index is 8.68. The lowest BCUT2D eigenvalue weighted by atomic mass is 10.1. The van der Waals surface area contributed by atoms with E-state index in [0.717, 1.165) is 17.7 Å². The minimum atomic E-state index is 0.0995. The molecule has 18 heavy (non-hydrogen) atoms. The lowest BCUT2D eigenvalue weighted by Gasteiger charge is -2.14. The first-order chi connectivity index (χ1) is 8.62. The van der Waals surface area contributed by atoms with Gasteiger partial charge in [0, 0.05) is 23.7 Å². The molecule has 1 aromatic carbocycles. The summed E-state index contributed by atoms with van der Waals surface area (Å²) >= 11 is 0. The van der Waals surface area contributed by atoms with Crippen molar-refractivity contribution in [3.8, 4) is 5.75 Å². The van der Waals surface area contributed by atoms with Gasteiger partial charge in [-0.1, -0.05) is 12.1 Å². The standard InChI is InChI=1S/C13H21N3O2/c1-4-9(2)15-8-11-7-10(13(14)16-17)5-6-12(11)18-3/h5-7,9,15,17H,4,8H2,1-3H3,(H2,14,16). The van der Waals surface area contributed by atoms with Gasteiger partial charge in [-0.05, 0) is 31.5 Å². The first kappa shape index (κ1) is 14.3. The topological polar surface area (TPSA) is 79.9 Å². The Balaban J connectivity index is 2.92. The average Bonchev–Trinajstić information content (AvgIpc) is 2.43. The second kappa shape index (κ2) is 6.86. The summed E-state index contributed by atoms with van der Waals surface area (Å²) < 4.78 is 5.30. The average molecular weight is 251 g/mol. The van der Waals surface area contributed by atoms with Gasteiger partial charge in [0.15, 0.2) is 5.84 Å². The Labute approximate surface area is 108 Å². The summed E-state index contributed by atoms with van der Waals surface area (Å²) in [5.74, 6) is 0.891. The molecular weight excluding hydrogens is 230 g/mol. The summed E-state index contributed by atoms with van der Waals surface area (Å²) in [4.78, 5) is 0. The van der Waals surface area contributed by atoms with Gasteiger partial charge >= 0.3 is 0 Å². The molecule has 4 N–H and O–H groups in total. The fourth-order valence-electron chi connectivity index (χ4n) is 1.56. The molecule has 0 aliphatic rings. The number of amidine groups is 1. The van der Waals surface area contributed by atoms with Crippen LogP contribution in [0.4, 0.5) is 0 Å². The number of benzene rings is 1. The van der Waals surface area contributed by atoms with Crippen molar-refractivity contribution in [3.05, 3.63) is 29.3 Å². The minimum Gasteiger partial charge on any atom is -0.496 e. The van der Waals surface area contributed by atoms with E-state index in [1.54, 1.807) is 13.2 Å². The van der Waals surface area contributed by atoms with E-state index in [2.05, 4.69) is 24.3 Å². The number of methoxy groups -OCH3 is 1. The normalized spacial score (nSPS) is 13.4. The van der Waals surface area contributed by atoms with E-state index < -0.39 is 0 Å². The van der Waals surface area contributed by atoms with Crippen molar-refractivity contribution in [2.24, 2.45) is 10.9 Å². The van der Waals surface area contributed by atoms with Gasteiger partial charge in [0.2, 0.25) is 0 Å². The van der Waals surface area contributed by atoms with Crippen LogP contribution in [0.2, 0.25) is 0 Å². The minimum absolute atomic E-state index is 0.0995. The largest absolute Gasteiger partial charge is 0.496 e. The highest BCUT2D eigenvalue weighted by molar-refractivity contribution is 5.97. The molecule has 1 rings (SSSR count). The van der Waals surface area contributed by atoms with Crippen molar-refractivity contribution in [3.63, 3.8) is 0 Å². The number of hydrogen-bond donors (Lipinski definition) is 3. The van der Waals surface area contributed by atoms with Crippen LogP contribution in [0.15, 0.2) is 23.4 Å². The van der Waals surface area contributed by atoms with Gasteiger partial charge in [-0.25, -0.2) is 0 Å². The zero-order valence-electron chi connectivity index (χ0n) is 11.1. The Bertz CT molecular complexity index is 419. The molecule has 0 aromatic heterocycles. The number of nitrogens with one attached hydrogen (secondary N) is 1. The first-order valence-electron chi connectivity index (χ1n) is 6.00. The number of rotatable bonds is 6. The molecule has 0 spiro atoms. The van der Waals surface area contributed by atoms with Crippen LogP contribution >= 0.6 is 0 Å². The molecule has 5 nitrogen and oxygen atoms in total. The van der Waals surface area contributed by atoms with Crippen LogP contribution in [0.25, 0.3) is 0 Å². The fraction of sp³-hybridized carbons (Fsp3) is 0.462. The SMILES string of the molecule is CCC(C)NCc1cc(/C(N)=N/O)ccc1OC. The van der Waals surface area contributed by atoms with Crippen LogP contribution in [0.5, 0.6) is 5.75 Å². The van der Waals surface area contributed by atoms with Crippen LogP contribution in [0.1, 0.15) is 31.4 Å². The monoisotopic (exact) mass is 251 g/mol. The van der Waals surface area contributed by atoms with Crippen LogP contribution in [0, 0.1) is 0 Å². The molecule has 5 heteroatoms. The molecule has 100 valence electrons. The molecular formula is C13H21N3O2. The van der Waals surface area contributed by atoms with Gasteiger partial charge in [-0.2, -0.15) is 0 Å². The third kappa shape index (κ3) is 3.63. The summed E-state index contributed by atoms with van der Waals surface area (Å²) in [7, 11) is 1.63. The van der Waals surface area contributed by atoms with E-state index in [1.165, 1.54) is 0 Å². The molecule has 0 radical (unpaired) electrons. The fourth-order valence-corrected chi connectivity index (χ4v) is 1.56. The third-order valence-electron chi connectivity index (χ3n) is 2.94. The highest BCUT2D eigenvalue weighted by atomic mass is 16.5.